The summed E-state index contributed by atoms with van der Waals surface area (Å²) in [5.41, 5.74) is 0. The fourth-order valence-corrected chi connectivity index (χ4v) is 2.30. The van der Waals surface area contributed by atoms with Crippen molar-refractivity contribution in [3.63, 3.8) is 0 Å². The highest BCUT2D eigenvalue weighted by Gasteiger charge is 2.17. The molecule has 0 saturated carbocycles. The molecule has 2 atom stereocenters. The van der Waals surface area contributed by atoms with Crippen molar-refractivity contribution in [2.24, 2.45) is 0 Å². The molecule has 0 aromatic heterocycles. The van der Waals surface area contributed by atoms with E-state index in [0.717, 1.165) is 32.4 Å². The Morgan fingerprint density at radius 2 is 2.40 bits per heavy atom. The van der Waals surface area contributed by atoms with E-state index in [-0.39, 0.29) is 18.6 Å². The van der Waals surface area contributed by atoms with Gasteiger partial charge in [0.2, 0.25) is 5.91 Å². The number of nitrogens with zero attached hydrogens (tertiary/aromatic N) is 1. The fraction of sp³-hybridized carbons (Fsp3) is 0.929. The predicted molar refractivity (Wildman–Crippen MR) is 76.6 cm³/mol. The molecule has 0 bridgehead atoms. The number of aliphatic hydroxyl groups is 1. The van der Waals surface area contributed by atoms with E-state index >= 15 is 0 Å². The van der Waals surface area contributed by atoms with Crippen molar-refractivity contribution in [3.8, 4) is 0 Å². The number of ether oxygens (including phenoxy) is 2. The molecule has 0 aromatic carbocycles. The molecule has 0 aliphatic carbocycles. The van der Waals surface area contributed by atoms with Gasteiger partial charge in [-0.2, -0.15) is 0 Å². The lowest BCUT2D eigenvalue weighted by molar-refractivity contribution is -0.122. The highest BCUT2D eigenvalue weighted by molar-refractivity contribution is 5.77. The van der Waals surface area contributed by atoms with Crippen LogP contribution in [-0.4, -0.2) is 74.6 Å². The highest BCUT2D eigenvalue weighted by atomic mass is 16.5. The number of hydrogen-bond acceptors (Lipinski definition) is 5. The quantitative estimate of drug-likeness (QED) is 0.592. The topological polar surface area (TPSA) is 71.0 Å². The molecule has 0 spiro atoms. The molecule has 0 aromatic rings. The first-order chi connectivity index (χ1) is 9.65. The average molecular weight is 288 g/mol. The summed E-state index contributed by atoms with van der Waals surface area (Å²) in [5.74, 6) is -0.0362. The summed E-state index contributed by atoms with van der Waals surface area (Å²) in [6.45, 7) is 5.24. The monoisotopic (exact) mass is 288 g/mol. The molecule has 20 heavy (non-hydrogen) atoms. The molecule has 2 N–H and O–H groups in total. The zero-order valence-electron chi connectivity index (χ0n) is 12.6. The van der Waals surface area contributed by atoms with E-state index in [4.69, 9.17) is 9.47 Å². The van der Waals surface area contributed by atoms with Crippen LogP contribution in [-0.2, 0) is 14.3 Å². The summed E-state index contributed by atoms with van der Waals surface area (Å²) < 4.78 is 10.9. The third-order valence-electron chi connectivity index (χ3n) is 3.29. The number of likely N-dealkylation sites (N-methyl/N-ethyl adjacent to an activating group) is 1. The Kier molecular flexibility index (Phi) is 8.77. The number of rotatable bonds is 10. The molecule has 6 heteroatoms. The van der Waals surface area contributed by atoms with Gasteiger partial charge in [-0.3, -0.25) is 9.69 Å². The number of hydrogen-bond donors (Lipinski definition) is 2. The molecule has 1 fully saturated rings. The van der Waals surface area contributed by atoms with Crippen LogP contribution < -0.4 is 5.32 Å². The van der Waals surface area contributed by atoms with E-state index in [2.05, 4.69) is 12.2 Å². The Labute approximate surface area is 121 Å². The van der Waals surface area contributed by atoms with E-state index in [1.165, 1.54) is 0 Å². The van der Waals surface area contributed by atoms with Crippen LogP contribution in [0.5, 0.6) is 0 Å². The first-order valence-corrected chi connectivity index (χ1v) is 7.46. The van der Waals surface area contributed by atoms with Gasteiger partial charge < -0.3 is 19.9 Å². The van der Waals surface area contributed by atoms with E-state index in [0.29, 0.717) is 19.7 Å². The standard InChI is InChI=1S/C14H28N2O4/c1-3-6-16(9-14(18)15-2)8-12(17)10-19-11-13-5-4-7-20-13/h12-13,17H,3-11H2,1-2H3,(H,15,18). The van der Waals surface area contributed by atoms with Crippen LogP contribution in [0.1, 0.15) is 26.2 Å². The van der Waals surface area contributed by atoms with Crippen LogP contribution in [0.25, 0.3) is 0 Å². The summed E-state index contributed by atoms with van der Waals surface area (Å²) >= 11 is 0. The van der Waals surface area contributed by atoms with Gasteiger partial charge in [0.15, 0.2) is 0 Å². The number of carbonyl (C=O) groups is 1. The Hall–Kier alpha value is -0.690. The van der Waals surface area contributed by atoms with Crippen molar-refractivity contribution in [1.82, 2.24) is 10.2 Å². The van der Waals surface area contributed by atoms with Gasteiger partial charge in [-0.25, -0.2) is 0 Å². The maximum atomic E-state index is 11.4. The molecule has 1 aliphatic rings. The number of carbonyl (C=O) groups excluding carboxylic acids is 1. The molecule has 1 heterocycles. The lowest BCUT2D eigenvalue weighted by atomic mass is 10.2. The lowest BCUT2D eigenvalue weighted by Gasteiger charge is -2.24. The van der Waals surface area contributed by atoms with E-state index in [1.807, 2.05) is 4.90 Å². The van der Waals surface area contributed by atoms with Gasteiger partial charge >= 0.3 is 0 Å². The van der Waals surface area contributed by atoms with Gasteiger partial charge in [0.25, 0.3) is 0 Å². The van der Waals surface area contributed by atoms with E-state index in [1.54, 1.807) is 7.05 Å². The third kappa shape index (κ3) is 7.19. The van der Waals surface area contributed by atoms with Crippen LogP contribution >= 0.6 is 0 Å². The maximum absolute atomic E-state index is 11.4. The number of amides is 1. The average Bonchev–Trinajstić information content (AvgIpc) is 2.92. The lowest BCUT2D eigenvalue weighted by Crippen LogP contribution is -2.41. The van der Waals surface area contributed by atoms with Crippen LogP contribution in [0.4, 0.5) is 0 Å². The molecule has 0 radical (unpaired) electrons. The predicted octanol–water partition coefficient (Wildman–Crippen LogP) is 0.000900. The molecule has 118 valence electrons. The zero-order valence-corrected chi connectivity index (χ0v) is 12.6. The smallest absolute Gasteiger partial charge is 0.233 e. The van der Waals surface area contributed by atoms with Crippen molar-refractivity contribution in [3.05, 3.63) is 0 Å². The van der Waals surface area contributed by atoms with Crippen molar-refractivity contribution < 1.29 is 19.4 Å². The van der Waals surface area contributed by atoms with Crippen LogP contribution in [0.15, 0.2) is 0 Å². The molecule has 1 rings (SSSR count). The van der Waals surface area contributed by atoms with Gasteiger partial charge in [0.05, 0.1) is 32.0 Å². The second kappa shape index (κ2) is 10.1. The SMILES string of the molecule is CCCN(CC(=O)NC)CC(O)COCC1CCCO1. The van der Waals surface area contributed by atoms with Crippen LogP contribution in [0, 0.1) is 0 Å². The highest BCUT2D eigenvalue weighted by Crippen LogP contribution is 2.12. The minimum absolute atomic E-state index is 0.0362. The van der Waals surface area contributed by atoms with E-state index < -0.39 is 6.10 Å². The molecule has 1 saturated heterocycles. The summed E-state index contributed by atoms with van der Waals surface area (Å²) in [4.78, 5) is 13.3. The normalized spacial score (nSPS) is 20.3. The van der Waals surface area contributed by atoms with Gasteiger partial charge in [0.1, 0.15) is 0 Å². The summed E-state index contributed by atoms with van der Waals surface area (Å²) in [6.07, 6.45) is 2.68. The van der Waals surface area contributed by atoms with Gasteiger partial charge in [-0.1, -0.05) is 6.92 Å². The van der Waals surface area contributed by atoms with Crippen molar-refractivity contribution in [2.45, 2.75) is 38.4 Å². The Balaban J connectivity index is 2.18. The van der Waals surface area contributed by atoms with Crippen molar-refractivity contribution in [1.29, 1.82) is 0 Å². The fourth-order valence-electron chi connectivity index (χ4n) is 2.30. The Morgan fingerprint density at radius 3 is 3.00 bits per heavy atom. The summed E-state index contributed by atoms with van der Waals surface area (Å²) in [7, 11) is 1.62. The Morgan fingerprint density at radius 1 is 1.60 bits per heavy atom. The molecular formula is C14H28N2O4. The van der Waals surface area contributed by atoms with Gasteiger partial charge in [0, 0.05) is 20.2 Å². The molecule has 1 amide bonds. The second-order valence-corrected chi connectivity index (χ2v) is 5.23. The first-order valence-electron chi connectivity index (χ1n) is 7.46. The Bertz CT molecular complexity index is 270. The summed E-state index contributed by atoms with van der Waals surface area (Å²) in [5, 5.41) is 12.6. The third-order valence-corrected chi connectivity index (χ3v) is 3.29. The number of aliphatic hydroxyl groups excluding tert-OH is 1. The van der Waals surface area contributed by atoms with Crippen LogP contribution in [0.3, 0.4) is 0 Å². The molecule has 1 aliphatic heterocycles. The van der Waals surface area contributed by atoms with Crippen molar-refractivity contribution in [2.75, 3.05) is 46.5 Å². The minimum atomic E-state index is -0.576. The van der Waals surface area contributed by atoms with Gasteiger partial charge in [-0.05, 0) is 25.8 Å². The number of nitrogens with one attached hydrogen (secondary N) is 1. The largest absolute Gasteiger partial charge is 0.389 e. The second-order valence-electron chi connectivity index (χ2n) is 5.23. The summed E-state index contributed by atoms with van der Waals surface area (Å²) in [6, 6.07) is 0. The van der Waals surface area contributed by atoms with Gasteiger partial charge in [-0.15, -0.1) is 0 Å². The maximum Gasteiger partial charge on any atom is 0.233 e. The molecule has 2 unspecified atom stereocenters. The first kappa shape index (κ1) is 17.4. The zero-order chi connectivity index (χ0) is 14.8. The molecular weight excluding hydrogens is 260 g/mol. The van der Waals surface area contributed by atoms with Crippen molar-refractivity contribution >= 4 is 5.91 Å². The minimum Gasteiger partial charge on any atom is -0.389 e. The van der Waals surface area contributed by atoms with Crippen LogP contribution in [0.2, 0.25) is 0 Å². The van der Waals surface area contributed by atoms with E-state index in [9.17, 15) is 9.90 Å². The molecule has 6 nitrogen and oxygen atoms in total.